The zero-order valence-corrected chi connectivity index (χ0v) is 13.0. The van der Waals surface area contributed by atoms with E-state index in [1.54, 1.807) is 18.2 Å². The summed E-state index contributed by atoms with van der Waals surface area (Å²) >= 11 is 6.53. The molecule has 0 atom stereocenters. The molecule has 110 valence electrons. The van der Waals surface area contributed by atoms with E-state index in [1.807, 2.05) is 35.7 Å². The van der Waals surface area contributed by atoms with E-state index in [2.05, 4.69) is 10.6 Å². The quantitative estimate of drug-likeness (QED) is 0.627. The maximum atomic E-state index is 12.0. The van der Waals surface area contributed by atoms with Crippen molar-refractivity contribution in [3.63, 3.8) is 0 Å². The first-order chi connectivity index (χ1) is 10.6. The van der Waals surface area contributed by atoms with E-state index in [0.29, 0.717) is 4.88 Å². The van der Waals surface area contributed by atoms with Gasteiger partial charge in [0.25, 0.3) is 5.91 Å². The fourth-order valence-corrected chi connectivity index (χ4v) is 2.92. The highest BCUT2D eigenvalue weighted by atomic mass is 32.1. The standard InChI is InChI=1S/C16H12N2O2S2/c19-11-7-6-10-3-1-4-13(12(10)9-11)17-16(21)18-15(20)14-5-2-8-22-14/h1-9,19H,(H2,17,18,20,21). The molecule has 4 nitrogen and oxygen atoms in total. The minimum atomic E-state index is -0.240. The second-order valence-corrected chi connectivity index (χ2v) is 5.95. The van der Waals surface area contributed by atoms with Crippen LogP contribution >= 0.6 is 23.6 Å². The van der Waals surface area contributed by atoms with Crippen LogP contribution in [0.5, 0.6) is 5.75 Å². The number of aromatic hydroxyl groups is 1. The predicted molar refractivity (Wildman–Crippen MR) is 93.6 cm³/mol. The molecular formula is C16H12N2O2S2. The Bertz CT molecular complexity index is 844. The van der Waals surface area contributed by atoms with E-state index >= 15 is 0 Å². The summed E-state index contributed by atoms with van der Waals surface area (Å²) in [4.78, 5) is 12.6. The van der Waals surface area contributed by atoms with Crippen molar-refractivity contribution < 1.29 is 9.90 Å². The van der Waals surface area contributed by atoms with Gasteiger partial charge in [0.2, 0.25) is 0 Å². The molecular weight excluding hydrogens is 316 g/mol. The highest BCUT2D eigenvalue weighted by Crippen LogP contribution is 2.26. The Morgan fingerprint density at radius 2 is 2.00 bits per heavy atom. The van der Waals surface area contributed by atoms with Gasteiger partial charge in [-0.2, -0.15) is 0 Å². The van der Waals surface area contributed by atoms with E-state index in [-0.39, 0.29) is 16.8 Å². The Labute approximate surface area is 136 Å². The minimum Gasteiger partial charge on any atom is -0.508 e. The molecule has 6 heteroatoms. The Kier molecular flexibility index (Phi) is 4.04. The number of thiophene rings is 1. The maximum Gasteiger partial charge on any atom is 0.267 e. The first kappa shape index (κ1) is 14.5. The lowest BCUT2D eigenvalue weighted by atomic mass is 10.1. The molecule has 3 aromatic rings. The summed E-state index contributed by atoms with van der Waals surface area (Å²) in [5.74, 6) is -0.0640. The van der Waals surface area contributed by atoms with Gasteiger partial charge in [-0.1, -0.05) is 24.3 Å². The van der Waals surface area contributed by atoms with E-state index in [1.165, 1.54) is 11.3 Å². The van der Waals surface area contributed by atoms with Crippen LogP contribution < -0.4 is 10.6 Å². The van der Waals surface area contributed by atoms with Gasteiger partial charge in [0.15, 0.2) is 5.11 Å². The SMILES string of the molecule is O=C(NC(=S)Nc1cccc2ccc(O)cc12)c1cccs1. The average Bonchev–Trinajstić information content (AvgIpc) is 3.02. The van der Waals surface area contributed by atoms with Gasteiger partial charge in [-0.15, -0.1) is 11.3 Å². The maximum absolute atomic E-state index is 12.0. The van der Waals surface area contributed by atoms with Crippen LogP contribution in [-0.4, -0.2) is 16.1 Å². The fourth-order valence-electron chi connectivity index (χ4n) is 2.10. The number of hydrogen-bond donors (Lipinski definition) is 3. The number of hydrogen-bond acceptors (Lipinski definition) is 4. The molecule has 0 fully saturated rings. The number of phenols is 1. The van der Waals surface area contributed by atoms with Crippen molar-refractivity contribution in [2.45, 2.75) is 0 Å². The number of rotatable bonds is 2. The smallest absolute Gasteiger partial charge is 0.267 e. The summed E-state index contributed by atoms with van der Waals surface area (Å²) in [6.07, 6.45) is 0. The molecule has 3 N–H and O–H groups in total. The summed E-state index contributed by atoms with van der Waals surface area (Å²) in [5, 5.41) is 19.1. The normalized spacial score (nSPS) is 10.4. The molecule has 0 saturated carbocycles. The number of nitrogens with one attached hydrogen (secondary N) is 2. The lowest BCUT2D eigenvalue weighted by Crippen LogP contribution is -2.33. The summed E-state index contributed by atoms with van der Waals surface area (Å²) in [6, 6.07) is 14.3. The number of phenolic OH excluding ortho intramolecular Hbond substituents is 1. The Hall–Kier alpha value is -2.44. The number of thiocarbonyl (C=S) groups is 1. The Morgan fingerprint density at radius 1 is 1.14 bits per heavy atom. The van der Waals surface area contributed by atoms with Gasteiger partial charge in [-0.05, 0) is 47.2 Å². The zero-order valence-electron chi connectivity index (χ0n) is 11.4. The van der Waals surface area contributed by atoms with Crippen LogP contribution in [0.2, 0.25) is 0 Å². The molecule has 0 spiro atoms. The molecule has 0 unspecified atom stereocenters. The number of amides is 1. The molecule has 3 rings (SSSR count). The molecule has 0 bridgehead atoms. The van der Waals surface area contributed by atoms with Crippen LogP contribution in [0, 0.1) is 0 Å². The zero-order chi connectivity index (χ0) is 15.5. The van der Waals surface area contributed by atoms with Crippen molar-refractivity contribution >= 4 is 51.0 Å². The minimum absolute atomic E-state index is 0.176. The van der Waals surface area contributed by atoms with Crippen LogP contribution in [-0.2, 0) is 0 Å². The highest BCUT2D eigenvalue weighted by Gasteiger charge is 2.10. The first-order valence-corrected chi connectivity index (χ1v) is 7.80. The molecule has 2 aromatic carbocycles. The lowest BCUT2D eigenvalue weighted by molar-refractivity contribution is 0.0981. The van der Waals surface area contributed by atoms with Crippen molar-refractivity contribution in [3.8, 4) is 5.75 Å². The molecule has 0 radical (unpaired) electrons. The van der Waals surface area contributed by atoms with Crippen LogP contribution in [0.3, 0.4) is 0 Å². The number of fused-ring (bicyclic) bond motifs is 1. The van der Waals surface area contributed by atoms with Gasteiger partial charge in [-0.25, -0.2) is 0 Å². The van der Waals surface area contributed by atoms with Crippen molar-refractivity contribution in [1.29, 1.82) is 0 Å². The van der Waals surface area contributed by atoms with Crippen LogP contribution in [0.4, 0.5) is 5.69 Å². The Morgan fingerprint density at radius 3 is 2.77 bits per heavy atom. The summed E-state index contributed by atoms with van der Waals surface area (Å²) in [7, 11) is 0. The number of benzene rings is 2. The largest absolute Gasteiger partial charge is 0.508 e. The number of carbonyl (C=O) groups excluding carboxylic acids is 1. The van der Waals surface area contributed by atoms with Crippen LogP contribution in [0.15, 0.2) is 53.9 Å². The fraction of sp³-hybridized carbons (Fsp3) is 0. The first-order valence-electron chi connectivity index (χ1n) is 6.51. The Balaban J connectivity index is 1.79. The van der Waals surface area contributed by atoms with E-state index in [4.69, 9.17) is 12.2 Å². The highest BCUT2D eigenvalue weighted by molar-refractivity contribution is 7.80. The van der Waals surface area contributed by atoms with Crippen molar-refractivity contribution in [1.82, 2.24) is 5.32 Å². The van der Waals surface area contributed by atoms with Crippen molar-refractivity contribution in [3.05, 3.63) is 58.8 Å². The topological polar surface area (TPSA) is 61.4 Å². The van der Waals surface area contributed by atoms with Gasteiger partial charge in [0, 0.05) is 11.1 Å². The molecule has 1 amide bonds. The van der Waals surface area contributed by atoms with Gasteiger partial charge in [-0.3, -0.25) is 10.1 Å². The lowest BCUT2D eigenvalue weighted by Gasteiger charge is -2.11. The second-order valence-electron chi connectivity index (χ2n) is 4.60. The predicted octanol–water partition coefficient (Wildman–Crippen LogP) is 3.73. The van der Waals surface area contributed by atoms with Crippen molar-refractivity contribution in [2.75, 3.05) is 5.32 Å². The molecule has 0 saturated heterocycles. The third kappa shape index (κ3) is 3.08. The molecule has 22 heavy (non-hydrogen) atoms. The summed E-state index contributed by atoms with van der Waals surface area (Å²) < 4.78 is 0. The van der Waals surface area contributed by atoms with Crippen LogP contribution in [0.1, 0.15) is 9.67 Å². The van der Waals surface area contributed by atoms with Gasteiger partial charge in [0.05, 0.1) is 4.88 Å². The van der Waals surface area contributed by atoms with E-state index < -0.39 is 0 Å². The van der Waals surface area contributed by atoms with Crippen molar-refractivity contribution in [2.24, 2.45) is 0 Å². The van der Waals surface area contributed by atoms with E-state index in [0.717, 1.165) is 16.5 Å². The van der Waals surface area contributed by atoms with E-state index in [9.17, 15) is 9.90 Å². The molecule has 0 aliphatic carbocycles. The molecule has 1 aromatic heterocycles. The number of anilines is 1. The average molecular weight is 328 g/mol. The van der Waals surface area contributed by atoms with Crippen LogP contribution in [0.25, 0.3) is 10.8 Å². The van der Waals surface area contributed by atoms with Gasteiger partial charge >= 0.3 is 0 Å². The summed E-state index contributed by atoms with van der Waals surface area (Å²) in [5.41, 5.74) is 0.727. The van der Waals surface area contributed by atoms with Gasteiger partial charge < -0.3 is 10.4 Å². The molecule has 1 heterocycles. The second kappa shape index (κ2) is 6.13. The number of carbonyl (C=O) groups is 1. The molecule has 0 aliphatic heterocycles. The summed E-state index contributed by atoms with van der Waals surface area (Å²) in [6.45, 7) is 0. The van der Waals surface area contributed by atoms with Gasteiger partial charge in [0.1, 0.15) is 5.75 Å². The molecule has 0 aliphatic rings. The third-order valence-corrected chi connectivity index (χ3v) is 4.16. The third-order valence-electron chi connectivity index (χ3n) is 3.09. The monoisotopic (exact) mass is 328 g/mol.